The number of aromatic nitrogens is 1. The average Bonchev–Trinajstić information content (AvgIpc) is 2.73. The quantitative estimate of drug-likeness (QED) is 0.562. The minimum atomic E-state index is 0.210. The summed E-state index contributed by atoms with van der Waals surface area (Å²) in [7, 11) is 1.63. The summed E-state index contributed by atoms with van der Waals surface area (Å²) in [6.45, 7) is 0. The van der Waals surface area contributed by atoms with Crippen molar-refractivity contribution in [2.45, 2.75) is 0 Å². The molecule has 0 fully saturated rings. The van der Waals surface area contributed by atoms with Crippen molar-refractivity contribution in [3.63, 3.8) is 0 Å². The molecule has 4 aromatic rings. The molecule has 1 heterocycles. The van der Waals surface area contributed by atoms with Crippen LogP contribution in [-0.2, 0) is 0 Å². The molecule has 0 saturated heterocycles. The second-order valence-electron chi connectivity index (χ2n) is 6.15. The van der Waals surface area contributed by atoms with Crippen molar-refractivity contribution in [2.75, 3.05) is 12.8 Å². The van der Waals surface area contributed by atoms with E-state index in [0.29, 0.717) is 11.3 Å². The number of hydrogen-bond acceptors (Lipinski definition) is 4. The fraction of sp³-hybridized carbons (Fsp3) is 0.0435. The molecule has 0 aliphatic carbocycles. The van der Waals surface area contributed by atoms with Crippen molar-refractivity contribution in [3.05, 3.63) is 78.5 Å². The first kappa shape index (κ1) is 16.6. The van der Waals surface area contributed by atoms with Crippen LogP contribution in [0.25, 0.3) is 33.0 Å². The van der Waals surface area contributed by atoms with Gasteiger partial charge in [-0.3, -0.25) is 0 Å². The van der Waals surface area contributed by atoms with Crippen LogP contribution >= 0.6 is 0 Å². The number of hydrogen-bond donors (Lipinski definition) is 1. The van der Waals surface area contributed by atoms with Gasteiger partial charge < -0.3 is 10.5 Å². The lowest BCUT2D eigenvalue weighted by atomic mass is 9.89. The van der Waals surface area contributed by atoms with Crippen molar-refractivity contribution in [1.29, 1.82) is 5.26 Å². The van der Waals surface area contributed by atoms with Crippen LogP contribution in [0.2, 0.25) is 0 Å². The van der Waals surface area contributed by atoms with E-state index in [1.807, 2.05) is 66.7 Å². The molecule has 1 aromatic heterocycles. The average molecular weight is 351 g/mol. The van der Waals surface area contributed by atoms with Crippen LogP contribution in [0.4, 0.5) is 5.82 Å². The number of rotatable bonds is 3. The first-order chi connectivity index (χ1) is 13.2. The molecule has 130 valence electrons. The number of nitrogens with two attached hydrogens (primary N) is 1. The van der Waals surface area contributed by atoms with Crippen molar-refractivity contribution in [3.8, 4) is 34.1 Å². The number of ether oxygens (including phenoxy) is 1. The third kappa shape index (κ3) is 2.76. The Hall–Kier alpha value is -3.84. The number of nitrogen functional groups attached to an aromatic ring is 1. The summed E-state index contributed by atoms with van der Waals surface area (Å²) in [5.41, 5.74) is 9.83. The van der Waals surface area contributed by atoms with Gasteiger partial charge in [0.05, 0.1) is 7.11 Å². The number of nitrogens with zero attached hydrogens (tertiary/aromatic N) is 2. The summed E-state index contributed by atoms with van der Waals surface area (Å²) < 4.78 is 5.67. The van der Waals surface area contributed by atoms with E-state index >= 15 is 0 Å². The Morgan fingerprint density at radius 2 is 1.67 bits per heavy atom. The predicted molar refractivity (Wildman–Crippen MR) is 108 cm³/mol. The molecule has 4 heteroatoms. The molecule has 4 nitrogen and oxygen atoms in total. The number of methoxy groups -OCH3 is 1. The van der Waals surface area contributed by atoms with E-state index in [-0.39, 0.29) is 5.82 Å². The Bertz CT molecular complexity index is 1180. The van der Waals surface area contributed by atoms with Crippen LogP contribution in [0.15, 0.2) is 72.9 Å². The maximum atomic E-state index is 9.86. The maximum absolute atomic E-state index is 9.86. The second kappa shape index (κ2) is 6.81. The third-order valence-corrected chi connectivity index (χ3v) is 4.67. The summed E-state index contributed by atoms with van der Waals surface area (Å²) in [5.74, 6) is 0.898. The van der Waals surface area contributed by atoms with E-state index in [4.69, 9.17) is 10.5 Å². The third-order valence-electron chi connectivity index (χ3n) is 4.67. The van der Waals surface area contributed by atoms with Crippen LogP contribution in [0, 0.1) is 11.3 Å². The highest BCUT2D eigenvalue weighted by Crippen LogP contribution is 2.44. The summed E-state index contributed by atoms with van der Waals surface area (Å²) in [4.78, 5) is 4.26. The highest BCUT2D eigenvalue weighted by Gasteiger charge is 2.21. The summed E-state index contributed by atoms with van der Waals surface area (Å²) in [5, 5.41) is 11.9. The number of pyridine rings is 1. The first-order valence-electron chi connectivity index (χ1n) is 8.54. The van der Waals surface area contributed by atoms with Gasteiger partial charge in [0.15, 0.2) is 0 Å². The molecule has 0 bridgehead atoms. The molecule has 27 heavy (non-hydrogen) atoms. The highest BCUT2D eigenvalue weighted by atomic mass is 16.5. The Labute approximate surface area is 157 Å². The number of nitriles is 1. The Balaban J connectivity index is 2.19. The van der Waals surface area contributed by atoms with Crippen LogP contribution in [0.3, 0.4) is 0 Å². The molecule has 0 amide bonds. The normalized spacial score (nSPS) is 10.5. The second-order valence-corrected chi connectivity index (χ2v) is 6.15. The standard InChI is InChI=1S/C23H17N3O/c1-27-20-12-11-16-9-5-6-10-17(16)22(20)21-18(13-24)23(25)26-14-19(21)15-7-3-2-4-8-15/h2-12,14H,1H3,(H2,25,26). The Kier molecular flexibility index (Phi) is 4.19. The van der Waals surface area contributed by atoms with Gasteiger partial charge in [-0.1, -0.05) is 60.7 Å². The molecular weight excluding hydrogens is 334 g/mol. The lowest BCUT2D eigenvalue weighted by molar-refractivity contribution is 0.417. The largest absolute Gasteiger partial charge is 0.496 e. The van der Waals surface area contributed by atoms with E-state index in [1.165, 1.54) is 0 Å². The molecule has 0 spiro atoms. The lowest BCUT2D eigenvalue weighted by Gasteiger charge is -2.18. The predicted octanol–water partition coefficient (Wildman–Crippen LogP) is 5.03. The van der Waals surface area contributed by atoms with Gasteiger partial charge in [-0.25, -0.2) is 4.98 Å². The maximum Gasteiger partial charge on any atom is 0.141 e. The zero-order chi connectivity index (χ0) is 18.8. The number of fused-ring (bicyclic) bond motifs is 1. The summed E-state index contributed by atoms with van der Waals surface area (Å²) >= 11 is 0. The zero-order valence-electron chi connectivity index (χ0n) is 14.8. The van der Waals surface area contributed by atoms with E-state index in [0.717, 1.165) is 33.0 Å². The molecule has 0 saturated carbocycles. The highest BCUT2D eigenvalue weighted by molar-refractivity contribution is 6.05. The monoisotopic (exact) mass is 351 g/mol. The Morgan fingerprint density at radius 1 is 0.926 bits per heavy atom. The Morgan fingerprint density at radius 3 is 2.41 bits per heavy atom. The van der Waals surface area contributed by atoms with Gasteiger partial charge in [-0.15, -0.1) is 0 Å². The smallest absolute Gasteiger partial charge is 0.141 e. The van der Waals surface area contributed by atoms with E-state index in [2.05, 4.69) is 11.1 Å². The summed E-state index contributed by atoms with van der Waals surface area (Å²) in [6.07, 6.45) is 1.72. The van der Waals surface area contributed by atoms with Crippen molar-refractivity contribution < 1.29 is 4.74 Å². The van der Waals surface area contributed by atoms with Crippen molar-refractivity contribution >= 4 is 16.6 Å². The molecule has 3 aromatic carbocycles. The SMILES string of the molecule is COc1ccc2ccccc2c1-c1c(-c2ccccc2)cnc(N)c1C#N. The molecule has 4 rings (SSSR count). The number of anilines is 1. The van der Waals surface area contributed by atoms with Gasteiger partial charge in [0.25, 0.3) is 0 Å². The molecular formula is C23H17N3O. The molecule has 0 aliphatic rings. The molecule has 2 N–H and O–H groups in total. The van der Waals surface area contributed by atoms with E-state index in [9.17, 15) is 5.26 Å². The molecule has 0 unspecified atom stereocenters. The van der Waals surface area contributed by atoms with Crippen molar-refractivity contribution in [2.24, 2.45) is 0 Å². The van der Waals surface area contributed by atoms with Crippen LogP contribution in [-0.4, -0.2) is 12.1 Å². The van der Waals surface area contributed by atoms with Gasteiger partial charge in [0, 0.05) is 22.9 Å². The molecule has 0 atom stereocenters. The summed E-state index contributed by atoms with van der Waals surface area (Å²) in [6, 6.07) is 24.1. The van der Waals surface area contributed by atoms with E-state index in [1.54, 1.807) is 13.3 Å². The van der Waals surface area contributed by atoms with Crippen LogP contribution in [0.5, 0.6) is 5.75 Å². The fourth-order valence-electron chi connectivity index (χ4n) is 3.41. The van der Waals surface area contributed by atoms with Gasteiger partial charge in [0.1, 0.15) is 23.2 Å². The van der Waals surface area contributed by atoms with Crippen LogP contribution < -0.4 is 10.5 Å². The zero-order valence-corrected chi connectivity index (χ0v) is 14.8. The topological polar surface area (TPSA) is 71.9 Å². The number of benzene rings is 3. The van der Waals surface area contributed by atoms with Crippen molar-refractivity contribution in [1.82, 2.24) is 4.98 Å². The minimum Gasteiger partial charge on any atom is -0.496 e. The van der Waals surface area contributed by atoms with Gasteiger partial charge in [-0.05, 0) is 22.4 Å². The first-order valence-corrected chi connectivity index (χ1v) is 8.54. The van der Waals surface area contributed by atoms with Gasteiger partial charge in [-0.2, -0.15) is 5.26 Å². The van der Waals surface area contributed by atoms with Crippen LogP contribution in [0.1, 0.15) is 5.56 Å². The lowest BCUT2D eigenvalue weighted by Crippen LogP contribution is -2.01. The van der Waals surface area contributed by atoms with Gasteiger partial charge in [0.2, 0.25) is 0 Å². The minimum absolute atomic E-state index is 0.210. The van der Waals surface area contributed by atoms with Gasteiger partial charge >= 0.3 is 0 Å². The molecule has 0 radical (unpaired) electrons. The van der Waals surface area contributed by atoms with E-state index < -0.39 is 0 Å². The fourth-order valence-corrected chi connectivity index (χ4v) is 3.41. The molecule has 0 aliphatic heterocycles.